The Hall–Kier alpha value is -1.51. The van der Waals surface area contributed by atoms with E-state index in [0.717, 1.165) is 57.8 Å². The molecule has 0 saturated heterocycles. The van der Waals surface area contributed by atoms with Crippen LogP contribution in [0.4, 0.5) is 0 Å². The van der Waals surface area contributed by atoms with Gasteiger partial charge in [-0.3, -0.25) is 18.6 Å². The van der Waals surface area contributed by atoms with Gasteiger partial charge in [0.05, 0.1) is 33.8 Å². The van der Waals surface area contributed by atoms with Gasteiger partial charge in [-0.25, -0.2) is 4.57 Å². The van der Waals surface area contributed by atoms with E-state index in [1.807, 2.05) is 33.3 Å². The molecule has 0 aromatic rings. The average molecular weight is 1110 g/mol. The lowest BCUT2D eigenvalue weighted by Crippen LogP contribution is -2.47. The Kier molecular flexibility index (Phi) is 56.6. The van der Waals surface area contributed by atoms with E-state index in [1.54, 1.807) is 0 Å². The summed E-state index contributed by atoms with van der Waals surface area (Å²) in [7, 11) is 1.52. The first kappa shape index (κ1) is 75.5. The fraction of sp³-hybridized carbons (Fsp3) is 0.910. The first-order valence-corrected chi connectivity index (χ1v) is 35.2. The molecule has 2 N–H and O–H groups in total. The van der Waals surface area contributed by atoms with Crippen LogP contribution in [0.1, 0.15) is 342 Å². The lowest BCUT2D eigenvalue weighted by atomic mass is 10.0. The molecule has 0 aliphatic heterocycles. The summed E-state index contributed by atoms with van der Waals surface area (Å²) in [6.45, 7) is 7.05. The van der Waals surface area contributed by atoms with Gasteiger partial charge < -0.3 is 19.4 Å². The number of phosphoric ester groups is 1. The average Bonchev–Trinajstić information content (AvgIpc) is 3.39. The van der Waals surface area contributed by atoms with Crippen LogP contribution in [-0.2, 0) is 27.9 Å². The number of ether oxygens (including phenoxy) is 1. The number of unbranched alkanes of at least 4 members (excludes halogenated alkanes) is 44. The minimum Gasteiger partial charge on any atom is -0.456 e. The van der Waals surface area contributed by atoms with Gasteiger partial charge in [0.25, 0.3) is 0 Å². The summed E-state index contributed by atoms with van der Waals surface area (Å²) in [5, 5.41) is 3.07. The van der Waals surface area contributed by atoms with Crippen LogP contribution in [0.3, 0.4) is 0 Å². The predicted molar refractivity (Wildman–Crippen MR) is 333 cm³/mol. The number of carbonyl (C=O) groups is 2. The number of nitrogens with one attached hydrogen (secondary N) is 1. The van der Waals surface area contributed by atoms with Gasteiger partial charge in [0.1, 0.15) is 19.3 Å². The Balaban J connectivity index is 4.94. The van der Waals surface area contributed by atoms with Crippen molar-refractivity contribution in [3.63, 3.8) is 0 Å². The van der Waals surface area contributed by atoms with Crippen molar-refractivity contribution >= 4 is 19.7 Å². The highest BCUT2D eigenvalue weighted by Crippen LogP contribution is 2.43. The SMILES string of the molecule is CCCCCCCC/C=C/CCCCCCCCCCCCCCCCCCCC(=O)NC(COP(=O)(O)OCC[N+](C)(C)C)C(/C=C/CCCCCCCCCCCCC)OC(=O)CCCCCCCCCCCCC. The van der Waals surface area contributed by atoms with Gasteiger partial charge in [0, 0.05) is 12.8 Å². The van der Waals surface area contributed by atoms with Crippen molar-refractivity contribution in [1.29, 1.82) is 0 Å². The van der Waals surface area contributed by atoms with Crippen molar-refractivity contribution in [1.82, 2.24) is 5.32 Å². The number of hydrogen-bond acceptors (Lipinski definition) is 6. The van der Waals surface area contributed by atoms with E-state index in [4.69, 9.17) is 13.8 Å². The molecule has 3 unspecified atom stereocenters. The van der Waals surface area contributed by atoms with Crippen LogP contribution in [-0.4, -0.2) is 74.3 Å². The third kappa shape index (κ3) is 58.9. The zero-order valence-corrected chi connectivity index (χ0v) is 53.1. The molecule has 3 atom stereocenters. The fourth-order valence-corrected chi connectivity index (χ4v) is 10.9. The minimum atomic E-state index is -4.44. The van der Waals surface area contributed by atoms with E-state index >= 15 is 0 Å². The summed E-state index contributed by atoms with van der Waals surface area (Å²) in [5.74, 6) is -0.486. The molecule has 77 heavy (non-hydrogen) atoms. The van der Waals surface area contributed by atoms with Crippen molar-refractivity contribution < 1.29 is 37.3 Å². The Labute approximate surface area is 479 Å². The molecule has 9 nitrogen and oxygen atoms in total. The van der Waals surface area contributed by atoms with Gasteiger partial charge in [-0.2, -0.15) is 0 Å². The quantitative estimate of drug-likeness (QED) is 0.0205. The second kappa shape index (κ2) is 57.7. The molecule has 0 fully saturated rings. The number of esters is 1. The number of allylic oxidation sites excluding steroid dienone is 3. The Morgan fingerprint density at radius 3 is 1.10 bits per heavy atom. The maximum absolute atomic E-state index is 13.6. The molecule has 1 amide bonds. The van der Waals surface area contributed by atoms with E-state index in [2.05, 4.69) is 38.2 Å². The van der Waals surface area contributed by atoms with Gasteiger partial charge in [-0.15, -0.1) is 0 Å². The summed E-state index contributed by atoms with van der Waals surface area (Å²) in [4.78, 5) is 37.7. The van der Waals surface area contributed by atoms with Crippen molar-refractivity contribution in [3.05, 3.63) is 24.3 Å². The standard InChI is InChI=1S/C67H131N2O7P/c1-7-10-13-16-19-22-25-27-28-29-30-31-32-33-34-35-36-37-38-39-40-42-45-47-50-53-56-59-66(70)68-64(63-75-77(72,73)74-62-61-69(4,5)6)65(58-55-52-49-46-44-41-26-23-20-17-14-11-8-2)76-67(71)60-57-54-51-48-43-24-21-18-15-12-9-3/h27-28,55,58,64-65H,7-26,29-54,56-57,59-63H2,1-6H3,(H-,68,70,72,73)/p+1/b28-27+,58-55+. The van der Waals surface area contributed by atoms with E-state index < -0.39 is 20.0 Å². The van der Waals surface area contributed by atoms with Crippen LogP contribution >= 0.6 is 7.82 Å². The lowest BCUT2D eigenvalue weighted by Gasteiger charge is -2.27. The highest BCUT2D eigenvalue weighted by Gasteiger charge is 2.30. The summed E-state index contributed by atoms with van der Waals surface area (Å²) in [5.41, 5.74) is 0. The highest BCUT2D eigenvalue weighted by molar-refractivity contribution is 7.47. The van der Waals surface area contributed by atoms with E-state index in [-0.39, 0.29) is 25.1 Å². The molecule has 0 radical (unpaired) electrons. The molecular weight excluding hydrogens is 976 g/mol. The highest BCUT2D eigenvalue weighted by atomic mass is 31.2. The largest absolute Gasteiger partial charge is 0.472 e. The number of nitrogens with zero attached hydrogens (tertiary/aromatic N) is 1. The topological polar surface area (TPSA) is 111 Å². The first-order valence-electron chi connectivity index (χ1n) is 33.7. The van der Waals surface area contributed by atoms with E-state index in [1.165, 1.54) is 250 Å². The molecular formula is C67H132N2O7P+. The third-order valence-corrected chi connectivity index (χ3v) is 16.4. The molecule has 0 bridgehead atoms. The summed E-state index contributed by atoms with van der Waals surface area (Å²) < 4.78 is 30.7. The number of phosphoric acid groups is 1. The van der Waals surface area contributed by atoms with Crippen LogP contribution < -0.4 is 5.32 Å². The van der Waals surface area contributed by atoms with Gasteiger partial charge >= 0.3 is 13.8 Å². The smallest absolute Gasteiger partial charge is 0.456 e. The molecule has 0 saturated carbocycles. The second-order valence-corrected chi connectivity index (χ2v) is 25.8. The third-order valence-electron chi connectivity index (χ3n) is 15.4. The van der Waals surface area contributed by atoms with E-state index in [0.29, 0.717) is 23.9 Å². The first-order chi connectivity index (χ1) is 37.4. The summed E-state index contributed by atoms with van der Waals surface area (Å²) in [6, 6.07) is -0.841. The normalized spacial score (nSPS) is 13.7. The van der Waals surface area contributed by atoms with E-state index in [9.17, 15) is 19.0 Å². The fourth-order valence-electron chi connectivity index (χ4n) is 10.2. The van der Waals surface area contributed by atoms with Crippen LogP contribution in [0.25, 0.3) is 0 Å². The Morgan fingerprint density at radius 2 is 0.753 bits per heavy atom. The summed E-state index contributed by atoms with van der Waals surface area (Å²) in [6.07, 6.45) is 69.1. The molecule has 0 rings (SSSR count). The lowest BCUT2D eigenvalue weighted by molar-refractivity contribution is -0.870. The van der Waals surface area contributed by atoms with Crippen molar-refractivity contribution in [3.8, 4) is 0 Å². The molecule has 0 aliphatic rings. The predicted octanol–water partition coefficient (Wildman–Crippen LogP) is 20.9. The number of likely N-dealkylation sites (N-methyl/N-ethyl adjacent to an activating group) is 1. The van der Waals surface area contributed by atoms with Crippen LogP contribution in [0.2, 0.25) is 0 Å². The van der Waals surface area contributed by atoms with Gasteiger partial charge in [0.2, 0.25) is 5.91 Å². The molecule has 0 heterocycles. The Bertz CT molecular complexity index is 1370. The Morgan fingerprint density at radius 1 is 0.442 bits per heavy atom. The molecule has 0 aliphatic carbocycles. The maximum atomic E-state index is 13.6. The van der Waals surface area contributed by atoms with Crippen molar-refractivity contribution in [2.75, 3.05) is 40.9 Å². The number of hydrogen-bond donors (Lipinski definition) is 2. The van der Waals surface area contributed by atoms with Gasteiger partial charge in [-0.05, 0) is 57.4 Å². The summed E-state index contributed by atoms with van der Waals surface area (Å²) >= 11 is 0. The number of amides is 1. The van der Waals surface area contributed by atoms with Crippen LogP contribution in [0, 0.1) is 0 Å². The minimum absolute atomic E-state index is 0.0446. The monoisotopic (exact) mass is 1110 g/mol. The molecule has 0 aromatic carbocycles. The molecule has 10 heteroatoms. The zero-order chi connectivity index (χ0) is 56.4. The zero-order valence-electron chi connectivity index (χ0n) is 52.2. The molecule has 0 aromatic heterocycles. The van der Waals surface area contributed by atoms with Gasteiger partial charge in [0.15, 0.2) is 0 Å². The van der Waals surface area contributed by atoms with Crippen LogP contribution in [0.5, 0.6) is 0 Å². The molecule has 0 spiro atoms. The maximum Gasteiger partial charge on any atom is 0.472 e. The number of rotatable bonds is 62. The number of carbonyl (C=O) groups excluding carboxylic acids is 2. The van der Waals surface area contributed by atoms with Crippen molar-refractivity contribution in [2.24, 2.45) is 0 Å². The van der Waals surface area contributed by atoms with Gasteiger partial charge in [-0.1, -0.05) is 296 Å². The second-order valence-electron chi connectivity index (χ2n) is 24.4. The van der Waals surface area contributed by atoms with Crippen molar-refractivity contribution in [2.45, 2.75) is 354 Å². The molecule has 456 valence electrons. The number of quaternary nitrogens is 1. The van der Waals surface area contributed by atoms with Crippen LogP contribution in [0.15, 0.2) is 24.3 Å².